The zero-order valence-corrected chi connectivity index (χ0v) is 12.9. The maximum Gasteiger partial charge on any atom is 0.317 e. The van der Waals surface area contributed by atoms with Crippen molar-refractivity contribution in [2.45, 2.75) is 59.0 Å². The van der Waals surface area contributed by atoms with Gasteiger partial charge in [-0.1, -0.05) is 27.7 Å². The summed E-state index contributed by atoms with van der Waals surface area (Å²) in [5, 5.41) is 12.5. The van der Waals surface area contributed by atoms with Gasteiger partial charge >= 0.3 is 5.97 Å². The first kappa shape index (κ1) is 16.4. The first-order valence-corrected chi connectivity index (χ1v) is 7.61. The van der Waals surface area contributed by atoms with Gasteiger partial charge in [-0.15, -0.1) is 0 Å². The summed E-state index contributed by atoms with van der Waals surface area (Å²) in [5.74, 6) is 0.765. The van der Waals surface area contributed by atoms with E-state index < -0.39 is 5.97 Å². The summed E-state index contributed by atoms with van der Waals surface area (Å²) in [4.78, 5) is 12.8. The molecule has 0 aromatic rings. The van der Waals surface area contributed by atoms with E-state index in [0.29, 0.717) is 12.1 Å². The van der Waals surface area contributed by atoms with E-state index in [1.54, 1.807) is 0 Å². The molecule has 0 saturated heterocycles. The van der Waals surface area contributed by atoms with Crippen LogP contribution < -0.4 is 5.32 Å². The Morgan fingerprint density at radius 1 is 1.37 bits per heavy atom. The number of nitrogens with zero attached hydrogens (tertiary/aromatic N) is 1. The zero-order chi connectivity index (χ0) is 14.4. The van der Waals surface area contributed by atoms with Gasteiger partial charge in [-0.2, -0.15) is 0 Å². The van der Waals surface area contributed by atoms with Crippen molar-refractivity contribution < 1.29 is 9.90 Å². The second-order valence-corrected chi connectivity index (χ2v) is 6.42. The molecule has 19 heavy (non-hydrogen) atoms. The van der Waals surface area contributed by atoms with E-state index >= 15 is 0 Å². The third kappa shape index (κ3) is 5.91. The number of carbonyl (C=O) groups is 1. The van der Waals surface area contributed by atoms with Crippen molar-refractivity contribution in [2.24, 2.45) is 11.8 Å². The average Bonchev–Trinajstić information content (AvgIpc) is 2.23. The van der Waals surface area contributed by atoms with Crippen LogP contribution >= 0.6 is 0 Å². The molecule has 1 fully saturated rings. The molecule has 1 unspecified atom stereocenters. The Morgan fingerprint density at radius 3 is 2.47 bits per heavy atom. The van der Waals surface area contributed by atoms with E-state index in [1.807, 2.05) is 6.92 Å². The predicted octanol–water partition coefficient (Wildman–Crippen LogP) is 2.20. The van der Waals surface area contributed by atoms with Gasteiger partial charge in [0.25, 0.3) is 0 Å². The van der Waals surface area contributed by atoms with Crippen LogP contribution in [-0.2, 0) is 4.79 Å². The summed E-state index contributed by atoms with van der Waals surface area (Å²) in [5.41, 5.74) is 0. The van der Waals surface area contributed by atoms with Crippen LogP contribution in [0.1, 0.15) is 47.0 Å². The molecule has 1 saturated carbocycles. The molecule has 0 spiro atoms. The first-order valence-electron chi connectivity index (χ1n) is 7.61. The molecule has 4 heteroatoms. The van der Waals surface area contributed by atoms with Crippen molar-refractivity contribution in [2.75, 3.05) is 19.6 Å². The van der Waals surface area contributed by atoms with Gasteiger partial charge in [0.1, 0.15) is 0 Å². The molecule has 4 nitrogen and oxygen atoms in total. The number of hydrogen-bond acceptors (Lipinski definition) is 3. The van der Waals surface area contributed by atoms with Crippen LogP contribution in [0.25, 0.3) is 0 Å². The summed E-state index contributed by atoms with van der Waals surface area (Å²) < 4.78 is 0. The van der Waals surface area contributed by atoms with Crippen LogP contribution in [0.15, 0.2) is 0 Å². The van der Waals surface area contributed by atoms with E-state index in [2.05, 4.69) is 31.0 Å². The number of carboxylic acid groups (broad SMARTS) is 1. The molecule has 0 amide bonds. The van der Waals surface area contributed by atoms with Crippen molar-refractivity contribution >= 4 is 5.97 Å². The summed E-state index contributed by atoms with van der Waals surface area (Å²) in [6, 6.07) is 1.04. The number of likely N-dealkylation sites (N-methyl/N-ethyl adjacent to an activating group) is 1. The smallest absolute Gasteiger partial charge is 0.317 e. The van der Waals surface area contributed by atoms with Gasteiger partial charge in [-0.05, 0) is 44.2 Å². The molecule has 0 aromatic heterocycles. The molecule has 0 aliphatic heterocycles. The minimum Gasteiger partial charge on any atom is -0.480 e. The van der Waals surface area contributed by atoms with E-state index in [9.17, 15) is 4.79 Å². The van der Waals surface area contributed by atoms with E-state index in [-0.39, 0.29) is 6.54 Å². The molecule has 112 valence electrons. The molecule has 1 aliphatic rings. The summed E-state index contributed by atoms with van der Waals surface area (Å²) in [7, 11) is 0. The third-order valence-electron chi connectivity index (χ3n) is 4.00. The lowest BCUT2D eigenvalue weighted by molar-refractivity contribution is -0.139. The summed E-state index contributed by atoms with van der Waals surface area (Å²) in [6.07, 6.45) is 3.45. The molecule has 0 bridgehead atoms. The van der Waals surface area contributed by atoms with Crippen molar-refractivity contribution in [3.05, 3.63) is 0 Å². The van der Waals surface area contributed by atoms with Gasteiger partial charge in [-0.3, -0.25) is 9.69 Å². The van der Waals surface area contributed by atoms with Gasteiger partial charge in [0.2, 0.25) is 0 Å². The fourth-order valence-corrected chi connectivity index (χ4v) is 2.98. The molecular weight excluding hydrogens is 240 g/mol. The Bertz CT molecular complexity index is 275. The lowest BCUT2D eigenvalue weighted by atomic mass is 9.85. The standard InChI is InChI=1S/C15H30N2O2/c1-5-17(10-15(18)19)14-7-13(8-14)16-9-12(4)6-11(2)3/h11-14,16H,5-10H2,1-4H3,(H,18,19). The van der Waals surface area contributed by atoms with Gasteiger partial charge in [-0.25, -0.2) is 0 Å². The fourth-order valence-electron chi connectivity index (χ4n) is 2.98. The Kier molecular flexibility index (Phi) is 6.80. The van der Waals surface area contributed by atoms with Crippen molar-refractivity contribution in [3.63, 3.8) is 0 Å². The minimum atomic E-state index is -0.719. The molecule has 2 N–H and O–H groups in total. The van der Waals surface area contributed by atoms with E-state index in [0.717, 1.165) is 37.8 Å². The Balaban J connectivity index is 2.17. The Hall–Kier alpha value is -0.610. The highest BCUT2D eigenvalue weighted by Crippen LogP contribution is 2.25. The van der Waals surface area contributed by atoms with Crippen LogP contribution in [0, 0.1) is 11.8 Å². The summed E-state index contributed by atoms with van der Waals surface area (Å²) >= 11 is 0. The minimum absolute atomic E-state index is 0.178. The number of aliphatic carboxylic acids is 1. The predicted molar refractivity (Wildman–Crippen MR) is 78.3 cm³/mol. The van der Waals surface area contributed by atoms with E-state index in [1.165, 1.54) is 6.42 Å². The molecule has 1 atom stereocenters. The molecule has 1 aliphatic carbocycles. The maximum atomic E-state index is 10.8. The zero-order valence-electron chi connectivity index (χ0n) is 12.9. The lowest BCUT2D eigenvalue weighted by Crippen LogP contribution is -2.54. The second-order valence-electron chi connectivity index (χ2n) is 6.42. The van der Waals surface area contributed by atoms with Crippen molar-refractivity contribution in [1.29, 1.82) is 0 Å². The molecular formula is C15H30N2O2. The topological polar surface area (TPSA) is 52.6 Å². The van der Waals surface area contributed by atoms with Crippen LogP contribution in [0.2, 0.25) is 0 Å². The van der Waals surface area contributed by atoms with Crippen LogP contribution in [0.5, 0.6) is 0 Å². The molecule has 0 aromatic carbocycles. The number of rotatable bonds is 9. The van der Waals surface area contributed by atoms with Crippen LogP contribution in [0.4, 0.5) is 0 Å². The fraction of sp³-hybridized carbons (Fsp3) is 0.933. The van der Waals surface area contributed by atoms with Gasteiger partial charge in [0.05, 0.1) is 6.54 Å². The quantitative estimate of drug-likeness (QED) is 0.674. The number of carboxylic acids is 1. The second kappa shape index (κ2) is 7.85. The highest BCUT2D eigenvalue weighted by molar-refractivity contribution is 5.69. The van der Waals surface area contributed by atoms with Gasteiger partial charge < -0.3 is 10.4 Å². The lowest BCUT2D eigenvalue weighted by Gasteiger charge is -2.42. The molecule has 0 radical (unpaired) electrons. The first-order chi connectivity index (χ1) is 8.92. The van der Waals surface area contributed by atoms with Gasteiger partial charge in [0.15, 0.2) is 0 Å². The monoisotopic (exact) mass is 270 g/mol. The van der Waals surface area contributed by atoms with Gasteiger partial charge in [0, 0.05) is 12.1 Å². The maximum absolute atomic E-state index is 10.8. The number of nitrogens with one attached hydrogen (secondary N) is 1. The Morgan fingerprint density at radius 2 is 2.00 bits per heavy atom. The van der Waals surface area contributed by atoms with E-state index in [4.69, 9.17) is 5.11 Å². The highest BCUT2D eigenvalue weighted by atomic mass is 16.4. The van der Waals surface area contributed by atoms with Crippen LogP contribution in [0.3, 0.4) is 0 Å². The largest absolute Gasteiger partial charge is 0.480 e. The third-order valence-corrected chi connectivity index (χ3v) is 4.00. The normalized spacial score (nSPS) is 24.5. The van der Waals surface area contributed by atoms with Crippen molar-refractivity contribution in [1.82, 2.24) is 10.2 Å². The highest BCUT2D eigenvalue weighted by Gasteiger charge is 2.33. The molecule has 0 heterocycles. The van der Waals surface area contributed by atoms with Crippen LogP contribution in [-0.4, -0.2) is 47.7 Å². The number of hydrogen-bond donors (Lipinski definition) is 2. The average molecular weight is 270 g/mol. The van der Waals surface area contributed by atoms with Crippen molar-refractivity contribution in [3.8, 4) is 0 Å². The molecule has 1 rings (SSSR count). The summed E-state index contributed by atoms with van der Waals surface area (Å²) in [6.45, 7) is 11.0. The SMILES string of the molecule is CCN(CC(=O)O)C1CC(NCC(C)CC(C)C)C1. The Labute approximate surface area is 117 Å².